The van der Waals surface area contributed by atoms with Gasteiger partial charge in [-0.15, -0.1) is 0 Å². The second kappa shape index (κ2) is 5.11. The average molecular weight is 323 g/mol. The van der Waals surface area contributed by atoms with Gasteiger partial charge in [0.1, 0.15) is 0 Å². The standard InChI is InChI=1S/C17H11ClN4O/c18-12-6-2-1-5-10(12)15-11(9-19)16(23)21-17-20-13-7-3-4-8-14(13)22(15)17/h1-8,11,15H,(H,20,21,23)/t11-,15+/m1/s1. The molecule has 3 aromatic rings. The normalized spacial score (nSPS) is 19.9. The zero-order valence-electron chi connectivity index (χ0n) is 11.9. The highest BCUT2D eigenvalue weighted by Crippen LogP contribution is 2.39. The Hall–Kier alpha value is -2.84. The molecule has 6 heteroatoms. The Kier molecular flexibility index (Phi) is 3.07. The van der Waals surface area contributed by atoms with Crippen molar-refractivity contribution in [2.45, 2.75) is 6.04 Å². The Bertz CT molecular complexity index is 972. The Morgan fingerprint density at radius 1 is 1.17 bits per heavy atom. The number of anilines is 1. The molecule has 1 aliphatic heterocycles. The first kappa shape index (κ1) is 13.8. The zero-order chi connectivity index (χ0) is 16.0. The second-order valence-corrected chi connectivity index (χ2v) is 5.76. The number of halogens is 1. The van der Waals surface area contributed by atoms with Gasteiger partial charge in [0.15, 0.2) is 5.92 Å². The fourth-order valence-corrected chi connectivity index (χ4v) is 3.30. The number of hydrogen-bond acceptors (Lipinski definition) is 3. The molecule has 0 radical (unpaired) electrons. The van der Waals surface area contributed by atoms with Crippen molar-refractivity contribution in [2.75, 3.05) is 5.32 Å². The molecule has 1 amide bonds. The van der Waals surface area contributed by atoms with Gasteiger partial charge in [0.05, 0.1) is 23.1 Å². The predicted octanol–water partition coefficient (Wildman–Crippen LogP) is 3.37. The highest BCUT2D eigenvalue weighted by atomic mass is 35.5. The summed E-state index contributed by atoms with van der Waals surface area (Å²) in [5.41, 5.74) is 2.35. The zero-order valence-corrected chi connectivity index (χ0v) is 12.7. The van der Waals surface area contributed by atoms with E-state index in [1.54, 1.807) is 6.07 Å². The molecule has 4 rings (SSSR count). The number of nitrogens with zero attached hydrogens (tertiary/aromatic N) is 3. The Morgan fingerprint density at radius 3 is 2.70 bits per heavy atom. The van der Waals surface area contributed by atoms with E-state index >= 15 is 0 Å². The van der Waals surface area contributed by atoms with E-state index in [0.717, 1.165) is 16.6 Å². The Labute approximate surface area is 137 Å². The topological polar surface area (TPSA) is 70.7 Å². The number of hydrogen-bond donors (Lipinski definition) is 1. The number of nitrogens with one attached hydrogen (secondary N) is 1. The molecule has 112 valence electrons. The third-order valence-corrected chi connectivity index (χ3v) is 4.41. The molecular formula is C17H11ClN4O. The third kappa shape index (κ3) is 2.00. The van der Waals surface area contributed by atoms with Gasteiger partial charge in [0, 0.05) is 5.02 Å². The smallest absolute Gasteiger partial charge is 0.246 e. The van der Waals surface area contributed by atoms with Gasteiger partial charge in [-0.05, 0) is 23.8 Å². The van der Waals surface area contributed by atoms with Crippen LogP contribution < -0.4 is 5.32 Å². The average Bonchev–Trinajstić information content (AvgIpc) is 2.92. The van der Waals surface area contributed by atoms with Crippen LogP contribution in [0, 0.1) is 17.2 Å². The highest BCUT2D eigenvalue weighted by Gasteiger charge is 2.39. The predicted molar refractivity (Wildman–Crippen MR) is 87.1 cm³/mol. The molecule has 23 heavy (non-hydrogen) atoms. The number of para-hydroxylation sites is 2. The monoisotopic (exact) mass is 322 g/mol. The van der Waals surface area contributed by atoms with Crippen LogP contribution in [-0.2, 0) is 4.79 Å². The van der Waals surface area contributed by atoms with Gasteiger partial charge >= 0.3 is 0 Å². The highest BCUT2D eigenvalue weighted by molar-refractivity contribution is 6.31. The number of benzene rings is 2. The minimum Gasteiger partial charge on any atom is -0.300 e. The van der Waals surface area contributed by atoms with Gasteiger partial charge in [-0.25, -0.2) is 4.98 Å². The van der Waals surface area contributed by atoms with Crippen LogP contribution in [0.4, 0.5) is 5.95 Å². The number of nitriles is 1. The van der Waals surface area contributed by atoms with Crippen molar-refractivity contribution in [3.8, 4) is 6.07 Å². The van der Waals surface area contributed by atoms with Crippen LogP contribution in [-0.4, -0.2) is 15.5 Å². The van der Waals surface area contributed by atoms with E-state index in [4.69, 9.17) is 11.6 Å². The number of rotatable bonds is 1. The summed E-state index contributed by atoms with van der Waals surface area (Å²) in [4.78, 5) is 16.8. The van der Waals surface area contributed by atoms with E-state index in [1.165, 1.54) is 0 Å². The van der Waals surface area contributed by atoms with Crippen LogP contribution in [0.2, 0.25) is 5.02 Å². The first-order valence-corrected chi connectivity index (χ1v) is 7.50. The Balaban J connectivity index is 2.05. The SMILES string of the molecule is N#C[C@H]1C(=O)Nc2nc3ccccc3n2[C@H]1c1ccccc1Cl. The lowest BCUT2D eigenvalue weighted by molar-refractivity contribution is -0.119. The maximum Gasteiger partial charge on any atom is 0.246 e. The quantitative estimate of drug-likeness (QED) is 0.746. The van der Waals surface area contributed by atoms with Gasteiger partial charge in [0.25, 0.3) is 0 Å². The molecule has 0 unspecified atom stereocenters. The molecule has 1 aromatic heterocycles. The molecule has 0 aliphatic carbocycles. The van der Waals surface area contributed by atoms with E-state index < -0.39 is 12.0 Å². The first-order valence-electron chi connectivity index (χ1n) is 7.12. The molecule has 2 atom stereocenters. The fourth-order valence-electron chi connectivity index (χ4n) is 3.06. The summed E-state index contributed by atoms with van der Waals surface area (Å²) in [5.74, 6) is -0.798. The van der Waals surface area contributed by atoms with Gasteiger partial charge < -0.3 is 4.57 Å². The number of carbonyl (C=O) groups is 1. The van der Waals surface area contributed by atoms with Crippen molar-refractivity contribution in [1.82, 2.24) is 9.55 Å². The lowest BCUT2D eigenvalue weighted by atomic mass is 9.91. The van der Waals surface area contributed by atoms with Gasteiger partial charge in [-0.2, -0.15) is 5.26 Å². The largest absolute Gasteiger partial charge is 0.300 e. The second-order valence-electron chi connectivity index (χ2n) is 5.36. The van der Waals surface area contributed by atoms with E-state index in [0.29, 0.717) is 11.0 Å². The minimum atomic E-state index is -0.875. The number of aromatic nitrogens is 2. The molecular weight excluding hydrogens is 312 g/mol. The van der Waals surface area contributed by atoms with Crippen molar-refractivity contribution in [3.05, 3.63) is 59.1 Å². The van der Waals surface area contributed by atoms with E-state index in [1.807, 2.05) is 47.0 Å². The van der Waals surface area contributed by atoms with Crippen LogP contribution in [0.3, 0.4) is 0 Å². The van der Waals surface area contributed by atoms with Crippen LogP contribution >= 0.6 is 11.6 Å². The van der Waals surface area contributed by atoms with Gasteiger partial charge in [-0.3, -0.25) is 10.1 Å². The summed E-state index contributed by atoms with van der Waals surface area (Å²) in [6, 6.07) is 16.4. The molecule has 0 fully saturated rings. The van der Waals surface area contributed by atoms with Crippen molar-refractivity contribution >= 4 is 34.5 Å². The molecule has 0 saturated heterocycles. The van der Waals surface area contributed by atoms with Crippen LogP contribution in [0.15, 0.2) is 48.5 Å². The molecule has 2 heterocycles. The third-order valence-electron chi connectivity index (χ3n) is 4.07. The molecule has 2 aromatic carbocycles. The lowest BCUT2D eigenvalue weighted by Gasteiger charge is -2.30. The van der Waals surface area contributed by atoms with E-state index in [2.05, 4.69) is 16.4 Å². The summed E-state index contributed by atoms with van der Waals surface area (Å²) in [6.45, 7) is 0. The molecule has 0 saturated carbocycles. The Morgan fingerprint density at radius 2 is 1.91 bits per heavy atom. The van der Waals surface area contributed by atoms with Crippen LogP contribution in [0.5, 0.6) is 0 Å². The molecule has 0 bridgehead atoms. The summed E-state index contributed by atoms with van der Waals surface area (Å²) in [5, 5.41) is 12.8. The van der Waals surface area contributed by atoms with Gasteiger partial charge in [0.2, 0.25) is 11.9 Å². The molecule has 0 spiro atoms. The number of carbonyl (C=O) groups excluding carboxylic acids is 1. The van der Waals surface area contributed by atoms with Crippen molar-refractivity contribution in [3.63, 3.8) is 0 Å². The van der Waals surface area contributed by atoms with Crippen molar-refractivity contribution < 1.29 is 4.79 Å². The maximum absolute atomic E-state index is 12.3. The van der Waals surface area contributed by atoms with Crippen LogP contribution in [0.1, 0.15) is 11.6 Å². The fraction of sp³-hybridized carbons (Fsp3) is 0.118. The number of fused-ring (bicyclic) bond motifs is 3. The summed E-state index contributed by atoms with van der Waals surface area (Å²) < 4.78 is 1.88. The van der Waals surface area contributed by atoms with Gasteiger partial charge in [-0.1, -0.05) is 41.9 Å². The van der Waals surface area contributed by atoms with Crippen molar-refractivity contribution in [1.29, 1.82) is 5.26 Å². The van der Waals surface area contributed by atoms with Crippen molar-refractivity contribution in [2.24, 2.45) is 5.92 Å². The molecule has 1 N–H and O–H groups in total. The van der Waals surface area contributed by atoms with Crippen LogP contribution in [0.25, 0.3) is 11.0 Å². The first-order chi connectivity index (χ1) is 11.2. The summed E-state index contributed by atoms with van der Waals surface area (Å²) in [7, 11) is 0. The minimum absolute atomic E-state index is 0.361. The number of amides is 1. The maximum atomic E-state index is 12.3. The van der Waals surface area contributed by atoms with E-state index in [-0.39, 0.29) is 5.91 Å². The number of imidazole rings is 1. The summed E-state index contributed by atoms with van der Waals surface area (Å²) >= 11 is 6.34. The molecule has 5 nitrogen and oxygen atoms in total. The molecule has 1 aliphatic rings. The van der Waals surface area contributed by atoms with E-state index in [9.17, 15) is 10.1 Å². The lowest BCUT2D eigenvalue weighted by Crippen LogP contribution is -2.37. The summed E-state index contributed by atoms with van der Waals surface area (Å²) in [6.07, 6.45) is 0.